The number of rotatable bonds is 4. The number of nitrogens with one attached hydrogen (secondary N) is 1. The summed E-state index contributed by atoms with van der Waals surface area (Å²) in [4.78, 5) is 9.53. The Morgan fingerprint density at radius 3 is 2.71 bits per heavy atom. The van der Waals surface area contributed by atoms with Gasteiger partial charge in [-0.3, -0.25) is 4.90 Å². The summed E-state index contributed by atoms with van der Waals surface area (Å²) in [7, 11) is 0. The standard InChI is InChI=1S/C14H25BrN4O.HI/c1-3-16-14(17-10-12(2)15)19-5-4-13(11-19)18-6-8-20-9-7-18;/h13H,2-11H2,1H3,(H,16,17);1H. The van der Waals surface area contributed by atoms with Crippen molar-refractivity contribution in [3.63, 3.8) is 0 Å². The van der Waals surface area contributed by atoms with Gasteiger partial charge in [0.2, 0.25) is 0 Å². The summed E-state index contributed by atoms with van der Waals surface area (Å²) in [6.07, 6.45) is 1.21. The van der Waals surface area contributed by atoms with Crippen LogP contribution < -0.4 is 5.32 Å². The highest BCUT2D eigenvalue weighted by Crippen LogP contribution is 2.17. The summed E-state index contributed by atoms with van der Waals surface area (Å²) in [5.41, 5.74) is 0. The number of guanidine groups is 1. The van der Waals surface area contributed by atoms with Crippen LogP contribution in [0.1, 0.15) is 13.3 Å². The van der Waals surface area contributed by atoms with Gasteiger partial charge in [-0.2, -0.15) is 0 Å². The number of likely N-dealkylation sites (tertiary alicyclic amines) is 1. The molecular formula is C14H26BrIN4O. The summed E-state index contributed by atoms with van der Waals surface area (Å²) in [5, 5.41) is 3.37. The second-order valence-corrected chi connectivity index (χ2v) is 6.35. The number of hydrogen-bond donors (Lipinski definition) is 1. The molecule has 2 saturated heterocycles. The topological polar surface area (TPSA) is 40.1 Å². The van der Waals surface area contributed by atoms with Gasteiger partial charge in [0.25, 0.3) is 0 Å². The molecule has 5 nitrogen and oxygen atoms in total. The summed E-state index contributed by atoms with van der Waals surface area (Å²) in [5.74, 6) is 1.00. The Bertz CT molecular complexity index is 361. The van der Waals surface area contributed by atoms with E-state index in [1.165, 1.54) is 6.42 Å². The number of morpholine rings is 1. The third kappa shape index (κ3) is 6.03. The van der Waals surface area contributed by atoms with Crippen LogP contribution in [0.15, 0.2) is 16.1 Å². The van der Waals surface area contributed by atoms with Crippen LogP contribution in [0.5, 0.6) is 0 Å². The molecule has 0 aromatic heterocycles. The van der Waals surface area contributed by atoms with Crippen molar-refractivity contribution in [2.45, 2.75) is 19.4 Å². The molecule has 0 aromatic carbocycles. The Labute approximate surface area is 153 Å². The van der Waals surface area contributed by atoms with Crippen LogP contribution in [0.4, 0.5) is 0 Å². The van der Waals surface area contributed by atoms with E-state index in [9.17, 15) is 0 Å². The third-order valence-electron chi connectivity index (χ3n) is 3.76. The monoisotopic (exact) mass is 472 g/mol. The molecule has 21 heavy (non-hydrogen) atoms. The van der Waals surface area contributed by atoms with Gasteiger partial charge in [0.15, 0.2) is 5.96 Å². The van der Waals surface area contributed by atoms with E-state index < -0.39 is 0 Å². The SMILES string of the molecule is C=C(Br)CN=C(NCC)N1CCC(N2CCOCC2)C1.I. The molecule has 1 atom stereocenters. The number of ether oxygens (including phenoxy) is 1. The zero-order valence-electron chi connectivity index (χ0n) is 12.7. The molecule has 1 unspecified atom stereocenters. The average molecular weight is 473 g/mol. The van der Waals surface area contributed by atoms with Crippen LogP contribution >= 0.6 is 39.9 Å². The largest absolute Gasteiger partial charge is 0.379 e. The molecule has 0 aliphatic carbocycles. The van der Waals surface area contributed by atoms with Crippen molar-refractivity contribution < 1.29 is 4.74 Å². The number of aliphatic imine (C=N–C) groups is 1. The normalized spacial score (nSPS) is 23.8. The van der Waals surface area contributed by atoms with Gasteiger partial charge < -0.3 is 15.0 Å². The van der Waals surface area contributed by atoms with Crippen molar-refractivity contribution in [2.75, 3.05) is 52.5 Å². The van der Waals surface area contributed by atoms with E-state index in [-0.39, 0.29) is 24.0 Å². The summed E-state index contributed by atoms with van der Waals surface area (Å²) in [6, 6.07) is 0.634. The lowest BCUT2D eigenvalue weighted by atomic mass is 10.2. The van der Waals surface area contributed by atoms with Gasteiger partial charge >= 0.3 is 0 Å². The lowest BCUT2D eigenvalue weighted by Crippen LogP contribution is -2.46. The van der Waals surface area contributed by atoms with Crippen molar-refractivity contribution in [3.8, 4) is 0 Å². The van der Waals surface area contributed by atoms with Crippen LogP contribution in [-0.2, 0) is 4.74 Å². The molecule has 0 amide bonds. The number of halogens is 2. The molecule has 2 rings (SSSR count). The van der Waals surface area contributed by atoms with Crippen molar-refractivity contribution in [1.82, 2.24) is 15.1 Å². The fourth-order valence-electron chi connectivity index (χ4n) is 2.76. The predicted molar refractivity (Wildman–Crippen MR) is 102 cm³/mol. The minimum absolute atomic E-state index is 0. The maximum Gasteiger partial charge on any atom is 0.194 e. The molecule has 2 heterocycles. The fourth-order valence-corrected chi connectivity index (χ4v) is 2.89. The van der Waals surface area contributed by atoms with Crippen LogP contribution in [-0.4, -0.2) is 74.3 Å². The Kier molecular flexibility index (Phi) is 9.15. The van der Waals surface area contributed by atoms with Crippen molar-refractivity contribution in [3.05, 3.63) is 11.1 Å². The second kappa shape index (κ2) is 10.0. The summed E-state index contributed by atoms with van der Waals surface area (Å²) >= 11 is 3.37. The van der Waals surface area contributed by atoms with Crippen molar-refractivity contribution in [2.24, 2.45) is 4.99 Å². The van der Waals surface area contributed by atoms with E-state index in [0.717, 1.165) is 56.4 Å². The van der Waals surface area contributed by atoms with E-state index in [2.05, 4.69) is 49.5 Å². The Morgan fingerprint density at radius 1 is 1.38 bits per heavy atom. The van der Waals surface area contributed by atoms with Gasteiger partial charge in [-0.05, 0) is 13.3 Å². The second-order valence-electron chi connectivity index (χ2n) is 5.22. The van der Waals surface area contributed by atoms with E-state index in [4.69, 9.17) is 4.74 Å². The summed E-state index contributed by atoms with van der Waals surface area (Å²) in [6.45, 7) is 13.5. The van der Waals surface area contributed by atoms with Crippen LogP contribution in [0.3, 0.4) is 0 Å². The fraction of sp³-hybridized carbons (Fsp3) is 0.786. The molecule has 0 saturated carbocycles. The minimum Gasteiger partial charge on any atom is -0.379 e. The molecule has 0 aromatic rings. The lowest BCUT2D eigenvalue weighted by Gasteiger charge is -2.32. The first-order valence-corrected chi connectivity index (χ1v) is 8.18. The minimum atomic E-state index is 0. The molecule has 0 radical (unpaired) electrons. The van der Waals surface area contributed by atoms with Crippen molar-refractivity contribution >= 4 is 45.9 Å². The Morgan fingerprint density at radius 2 is 2.10 bits per heavy atom. The van der Waals surface area contributed by atoms with Gasteiger partial charge in [-0.25, -0.2) is 4.99 Å². The van der Waals surface area contributed by atoms with Crippen molar-refractivity contribution in [1.29, 1.82) is 0 Å². The molecule has 0 spiro atoms. The predicted octanol–water partition coefficient (Wildman–Crippen LogP) is 1.89. The van der Waals surface area contributed by atoms with Gasteiger partial charge in [-0.1, -0.05) is 22.5 Å². The molecule has 7 heteroatoms. The Hall–Kier alpha value is 0.140. The lowest BCUT2D eigenvalue weighted by molar-refractivity contribution is 0.0195. The zero-order chi connectivity index (χ0) is 14.4. The maximum absolute atomic E-state index is 5.43. The average Bonchev–Trinajstić information content (AvgIpc) is 2.94. The first kappa shape index (κ1) is 19.2. The van der Waals surface area contributed by atoms with E-state index >= 15 is 0 Å². The molecule has 0 bridgehead atoms. The zero-order valence-corrected chi connectivity index (χ0v) is 16.6. The Balaban J connectivity index is 0.00000220. The number of nitrogens with zero attached hydrogens (tertiary/aromatic N) is 3. The van der Waals surface area contributed by atoms with E-state index in [1.807, 2.05) is 0 Å². The van der Waals surface area contributed by atoms with Crippen LogP contribution in [0.2, 0.25) is 0 Å². The first-order chi connectivity index (χ1) is 9.70. The molecule has 2 aliphatic rings. The molecule has 1 N–H and O–H groups in total. The van der Waals surface area contributed by atoms with Gasteiger partial charge in [0.05, 0.1) is 19.8 Å². The highest BCUT2D eigenvalue weighted by molar-refractivity contribution is 14.0. The molecular weight excluding hydrogens is 447 g/mol. The summed E-state index contributed by atoms with van der Waals surface area (Å²) < 4.78 is 6.34. The molecule has 122 valence electrons. The van der Waals surface area contributed by atoms with E-state index in [1.54, 1.807) is 0 Å². The van der Waals surface area contributed by atoms with E-state index in [0.29, 0.717) is 12.6 Å². The highest BCUT2D eigenvalue weighted by Gasteiger charge is 2.30. The first-order valence-electron chi connectivity index (χ1n) is 7.39. The van der Waals surface area contributed by atoms with Crippen LogP contribution in [0.25, 0.3) is 0 Å². The van der Waals surface area contributed by atoms with Gasteiger partial charge in [-0.15, -0.1) is 24.0 Å². The highest BCUT2D eigenvalue weighted by atomic mass is 127. The number of hydrogen-bond acceptors (Lipinski definition) is 3. The van der Waals surface area contributed by atoms with Crippen LogP contribution in [0, 0.1) is 0 Å². The quantitative estimate of drug-likeness (QED) is 0.385. The molecule has 2 aliphatic heterocycles. The van der Waals surface area contributed by atoms with Gasteiger partial charge in [0.1, 0.15) is 0 Å². The smallest absolute Gasteiger partial charge is 0.194 e. The van der Waals surface area contributed by atoms with Gasteiger partial charge in [0, 0.05) is 43.2 Å². The maximum atomic E-state index is 5.43. The molecule has 2 fully saturated rings. The third-order valence-corrected chi connectivity index (χ3v) is 4.01.